The molecule has 1 aliphatic heterocycles. The fourth-order valence-electron chi connectivity index (χ4n) is 2.43. The molecular formula is C17H13FN2O3Se. The summed E-state index contributed by atoms with van der Waals surface area (Å²) < 4.78 is 13.6. The van der Waals surface area contributed by atoms with Gasteiger partial charge in [-0.05, 0) is 0 Å². The molecule has 1 heterocycles. The normalized spacial score (nSPS) is 16.3. The van der Waals surface area contributed by atoms with E-state index in [1.54, 1.807) is 18.0 Å². The molecule has 2 aromatic rings. The molecule has 2 aromatic carbocycles. The van der Waals surface area contributed by atoms with E-state index in [1.807, 2.05) is 0 Å². The predicted octanol–water partition coefficient (Wildman–Crippen LogP) is 1.81. The molecule has 3 rings (SSSR count). The second-order valence-corrected chi connectivity index (χ2v) is 6.04. The number of phenolic OH excluding ortho intramolecular Hbond substituents is 2. The van der Waals surface area contributed by atoms with Gasteiger partial charge in [0.1, 0.15) is 0 Å². The third-order valence-electron chi connectivity index (χ3n) is 3.57. The summed E-state index contributed by atoms with van der Waals surface area (Å²) in [6, 6.07) is 9.68. The molecule has 0 aliphatic carbocycles. The van der Waals surface area contributed by atoms with E-state index in [0.717, 1.165) is 0 Å². The first kappa shape index (κ1) is 16.2. The Kier molecular flexibility index (Phi) is 4.13. The van der Waals surface area contributed by atoms with Crippen LogP contribution in [-0.2, 0) is 4.79 Å². The predicted molar refractivity (Wildman–Crippen MR) is 90.2 cm³/mol. The zero-order chi connectivity index (χ0) is 17.4. The Labute approximate surface area is 145 Å². The summed E-state index contributed by atoms with van der Waals surface area (Å²) >= 11 is 2.84. The van der Waals surface area contributed by atoms with Crippen LogP contribution in [0, 0.1) is 5.82 Å². The van der Waals surface area contributed by atoms with Gasteiger partial charge in [0.05, 0.1) is 0 Å². The maximum atomic E-state index is 13.1. The molecule has 5 nitrogen and oxygen atoms in total. The number of hydrogen-bond donors (Lipinski definition) is 2. The van der Waals surface area contributed by atoms with Crippen LogP contribution in [0.5, 0.6) is 11.5 Å². The number of benzene rings is 2. The molecule has 0 aromatic heterocycles. The van der Waals surface area contributed by atoms with Gasteiger partial charge in [0.25, 0.3) is 0 Å². The Bertz CT molecular complexity index is 844. The number of hydrogen-bond acceptors (Lipinski definition) is 4. The zero-order valence-electron chi connectivity index (χ0n) is 12.6. The van der Waals surface area contributed by atoms with E-state index in [9.17, 15) is 19.4 Å². The van der Waals surface area contributed by atoms with Crippen LogP contribution in [0.15, 0.2) is 48.2 Å². The molecule has 1 saturated heterocycles. The van der Waals surface area contributed by atoms with Gasteiger partial charge in [-0.25, -0.2) is 0 Å². The van der Waals surface area contributed by atoms with Crippen LogP contribution in [-0.4, -0.2) is 48.3 Å². The Morgan fingerprint density at radius 1 is 1.08 bits per heavy atom. The Morgan fingerprint density at radius 2 is 1.67 bits per heavy atom. The second kappa shape index (κ2) is 6.11. The molecule has 0 atom stereocenters. The monoisotopic (exact) mass is 392 g/mol. The summed E-state index contributed by atoms with van der Waals surface area (Å²) in [5, 5.41) is 19.1. The van der Waals surface area contributed by atoms with E-state index < -0.39 is 0 Å². The van der Waals surface area contributed by atoms with Crippen LogP contribution < -0.4 is 4.90 Å². The average molecular weight is 391 g/mol. The van der Waals surface area contributed by atoms with Crippen molar-refractivity contribution in [1.82, 2.24) is 4.90 Å². The van der Waals surface area contributed by atoms with E-state index >= 15 is 0 Å². The molecule has 24 heavy (non-hydrogen) atoms. The van der Waals surface area contributed by atoms with Gasteiger partial charge in [-0.3, -0.25) is 0 Å². The summed E-state index contributed by atoms with van der Waals surface area (Å²) in [4.78, 5) is 15.8. The quantitative estimate of drug-likeness (QED) is 0.606. The van der Waals surface area contributed by atoms with Gasteiger partial charge in [-0.2, -0.15) is 0 Å². The van der Waals surface area contributed by atoms with Gasteiger partial charge in [0, 0.05) is 0 Å². The van der Waals surface area contributed by atoms with Gasteiger partial charge in [-0.1, -0.05) is 0 Å². The van der Waals surface area contributed by atoms with Gasteiger partial charge >= 0.3 is 145 Å². The van der Waals surface area contributed by atoms with Crippen molar-refractivity contribution in [1.29, 1.82) is 0 Å². The van der Waals surface area contributed by atoms with E-state index in [4.69, 9.17) is 0 Å². The second-order valence-electron chi connectivity index (χ2n) is 5.27. The molecular weight excluding hydrogens is 378 g/mol. The Morgan fingerprint density at radius 3 is 2.25 bits per heavy atom. The van der Waals surface area contributed by atoms with Crippen molar-refractivity contribution in [3.05, 3.63) is 59.5 Å². The number of likely N-dealkylation sites (N-methyl/N-ethyl adjacent to an activating group) is 1. The van der Waals surface area contributed by atoms with Gasteiger partial charge in [-0.15, -0.1) is 0 Å². The van der Waals surface area contributed by atoms with Crippen molar-refractivity contribution in [2.75, 3.05) is 11.9 Å². The van der Waals surface area contributed by atoms with Gasteiger partial charge in [0.15, 0.2) is 0 Å². The molecule has 1 fully saturated rings. The van der Waals surface area contributed by atoms with Crippen molar-refractivity contribution in [3.8, 4) is 11.5 Å². The average Bonchev–Trinajstić information content (AvgIpc) is 2.71. The summed E-state index contributed by atoms with van der Waals surface area (Å²) in [5.74, 6) is -0.887. The number of carbonyl (C=O) groups excluding carboxylic acids is 1. The number of carbonyl (C=O) groups is 1. The summed E-state index contributed by atoms with van der Waals surface area (Å²) in [6.45, 7) is 0. The maximum absolute atomic E-state index is 13.1. The van der Waals surface area contributed by atoms with Gasteiger partial charge in [0.2, 0.25) is 0 Å². The number of phenols is 2. The number of aromatic hydroxyl groups is 2. The van der Waals surface area contributed by atoms with Crippen LogP contribution in [0.3, 0.4) is 0 Å². The number of halogens is 1. The van der Waals surface area contributed by atoms with Crippen molar-refractivity contribution < 1.29 is 19.4 Å². The van der Waals surface area contributed by atoms with Gasteiger partial charge < -0.3 is 0 Å². The number of rotatable bonds is 2. The molecule has 7 heteroatoms. The van der Waals surface area contributed by atoms with Crippen LogP contribution in [0.2, 0.25) is 0 Å². The number of anilines is 1. The van der Waals surface area contributed by atoms with Crippen LogP contribution in [0.25, 0.3) is 6.08 Å². The molecule has 0 unspecified atom stereocenters. The van der Waals surface area contributed by atoms with Crippen molar-refractivity contribution >= 4 is 37.9 Å². The fourth-order valence-corrected chi connectivity index (χ4v) is 3.04. The third kappa shape index (κ3) is 2.91. The zero-order valence-corrected chi connectivity index (χ0v) is 14.3. The number of nitrogens with zero attached hydrogens (tertiary/aromatic N) is 2. The topological polar surface area (TPSA) is 64.0 Å². The van der Waals surface area contributed by atoms with Crippen molar-refractivity contribution in [2.45, 2.75) is 0 Å². The molecule has 2 N–H and O–H groups in total. The third-order valence-corrected chi connectivity index (χ3v) is 4.53. The molecule has 0 radical (unpaired) electrons. The first-order valence-corrected chi connectivity index (χ1v) is 7.85. The first-order valence-electron chi connectivity index (χ1n) is 6.99. The molecule has 1 amide bonds. The fraction of sp³-hybridized carbons (Fsp3) is 0.0588. The molecule has 1 aliphatic rings. The molecule has 0 saturated carbocycles. The molecule has 0 bridgehead atoms. The minimum absolute atomic E-state index is 0.0994. The van der Waals surface area contributed by atoms with E-state index in [1.165, 1.54) is 47.4 Å². The SMILES string of the molecule is CN1C(=[Se])N(c2ccc(F)cc2)C(=O)/C1=C\c1cc(O)cc(O)c1. The summed E-state index contributed by atoms with van der Waals surface area (Å²) in [5.41, 5.74) is 1.36. The Balaban J connectivity index is 2.01. The van der Waals surface area contributed by atoms with E-state index in [0.29, 0.717) is 21.6 Å². The summed E-state index contributed by atoms with van der Waals surface area (Å²) in [7, 11) is 1.71. The van der Waals surface area contributed by atoms with Crippen molar-refractivity contribution in [3.63, 3.8) is 0 Å². The standard InChI is InChI=1S/C17H13FN2O3Se/c1-19-15(8-10-6-13(21)9-14(22)7-10)16(23)20(17(19)24)12-4-2-11(18)3-5-12/h2-9,21-22H,1H3/b15-8+. The molecule has 122 valence electrons. The van der Waals surface area contributed by atoms with Crippen LogP contribution >= 0.6 is 0 Å². The van der Waals surface area contributed by atoms with Crippen LogP contribution in [0.4, 0.5) is 10.1 Å². The Hall–Kier alpha value is -2.63. The minimum atomic E-state index is -0.383. The summed E-state index contributed by atoms with van der Waals surface area (Å²) in [6.07, 6.45) is 1.56. The van der Waals surface area contributed by atoms with Crippen LogP contribution in [0.1, 0.15) is 5.56 Å². The van der Waals surface area contributed by atoms with Crippen molar-refractivity contribution in [2.24, 2.45) is 0 Å². The molecule has 0 spiro atoms. The van der Waals surface area contributed by atoms with E-state index in [2.05, 4.69) is 15.6 Å². The van der Waals surface area contributed by atoms with E-state index in [-0.39, 0.29) is 23.2 Å². The first-order chi connectivity index (χ1) is 11.4. The number of amides is 1.